The zero-order valence-corrected chi connectivity index (χ0v) is 11.8. The Hall–Kier alpha value is -1.10. The van der Waals surface area contributed by atoms with Gasteiger partial charge in [0.25, 0.3) is 0 Å². The van der Waals surface area contributed by atoms with E-state index in [0.29, 0.717) is 6.42 Å². The van der Waals surface area contributed by atoms with E-state index in [-0.39, 0.29) is 5.91 Å². The Morgan fingerprint density at radius 3 is 2.88 bits per heavy atom. The molecule has 0 fully saturated rings. The number of hydrogen-bond donors (Lipinski definition) is 1. The van der Waals surface area contributed by atoms with Crippen molar-refractivity contribution in [2.24, 2.45) is 0 Å². The normalized spacial score (nSPS) is 10.1. The van der Waals surface area contributed by atoms with E-state index in [1.165, 1.54) is 0 Å². The highest BCUT2D eigenvalue weighted by atomic mass is 79.9. The van der Waals surface area contributed by atoms with Crippen LogP contribution >= 0.6 is 15.9 Å². The van der Waals surface area contributed by atoms with Crippen LogP contribution in [0.4, 0.5) is 11.5 Å². The molecule has 0 aliphatic heterocycles. The van der Waals surface area contributed by atoms with Crippen molar-refractivity contribution in [2.45, 2.75) is 19.3 Å². The molecule has 0 aliphatic carbocycles. The number of unbranched alkanes of at least 4 members (excludes halogenated alkanes) is 1. The second-order valence-electron chi connectivity index (χ2n) is 3.96. The Labute approximate surface area is 111 Å². The number of halogens is 1. The minimum atomic E-state index is 0.0436. The third-order valence-electron chi connectivity index (χ3n) is 2.27. The van der Waals surface area contributed by atoms with Gasteiger partial charge in [0.05, 0.1) is 5.69 Å². The van der Waals surface area contributed by atoms with Crippen LogP contribution in [0.5, 0.6) is 0 Å². The molecule has 0 radical (unpaired) electrons. The maximum atomic E-state index is 11.7. The first-order valence-corrected chi connectivity index (χ1v) is 6.75. The molecule has 1 heterocycles. The highest BCUT2D eigenvalue weighted by Gasteiger charge is 2.08. The van der Waals surface area contributed by atoms with Crippen molar-refractivity contribution in [1.29, 1.82) is 0 Å². The number of nitrogens with one attached hydrogen (secondary N) is 1. The van der Waals surface area contributed by atoms with Crippen LogP contribution in [0.15, 0.2) is 18.3 Å². The Kier molecular flexibility index (Phi) is 5.97. The Bertz CT molecular complexity index is 369. The van der Waals surface area contributed by atoms with Crippen LogP contribution < -0.4 is 10.2 Å². The van der Waals surface area contributed by atoms with Crippen LogP contribution in [-0.4, -0.2) is 30.3 Å². The van der Waals surface area contributed by atoms with Crippen LogP contribution in [0.2, 0.25) is 0 Å². The van der Waals surface area contributed by atoms with E-state index in [1.54, 1.807) is 6.20 Å². The molecule has 0 bridgehead atoms. The second kappa shape index (κ2) is 7.27. The number of amides is 1. The standard InChI is InChI=1S/C12H18BrN3O/c1-16(2)12-10(6-5-9-14-12)15-11(17)7-3-4-8-13/h5-6,9H,3-4,7-8H2,1-2H3,(H,15,17). The lowest BCUT2D eigenvalue weighted by atomic mass is 10.2. The number of nitrogens with zero attached hydrogens (tertiary/aromatic N) is 2. The van der Waals surface area contributed by atoms with Gasteiger partial charge in [0.15, 0.2) is 5.82 Å². The van der Waals surface area contributed by atoms with E-state index < -0.39 is 0 Å². The van der Waals surface area contributed by atoms with Gasteiger partial charge in [-0.15, -0.1) is 0 Å². The molecule has 17 heavy (non-hydrogen) atoms. The lowest BCUT2D eigenvalue weighted by Crippen LogP contribution is -2.17. The van der Waals surface area contributed by atoms with Crippen molar-refractivity contribution in [3.05, 3.63) is 18.3 Å². The van der Waals surface area contributed by atoms with Crippen molar-refractivity contribution in [3.63, 3.8) is 0 Å². The van der Waals surface area contributed by atoms with Gasteiger partial charge in [0.2, 0.25) is 5.91 Å². The third-order valence-corrected chi connectivity index (χ3v) is 2.83. The topological polar surface area (TPSA) is 45.2 Å². The summed E-state index contributed by atoms with van der Waals surface area (Å²) in [7, 11) is 3.81. The van der Waals surface area contributed by atoms with Crippen LogP contribution in [0, 0.1) is 0 Å². The summed E-state index contributed by atoms with van der Waals surface area (Å²) in [5.74, 6) is 0.823. The smallest absolute Gasteiger partial charge is 0.224 e. The molecule has 0 spiro atoms. The van der Waals surface area contributed by atoms with Crippen LogP contribution in [0.3, 0.4) is 0 Å². The summed E-state index contributed by atoms with van der Waals surface area (Å²) >= 11 is 3.35. The molecule has 0 aromatic carbocycles. The van der Waals surface area contributed by atoms with Gasteiger partial charge in [-0.1, -0.05) is 15.9 Å². The second-order valence-corrected chi connectivity index (χ2v) is 4.76. The molecule has 1 N–H and O–H groups in total. The van der Waals surface area contributed by atoms with Gasteiger partial charge in [-0.25, -0.2) is 4.98 Å². The summed E-state index contributed by atoms with van der Waals surface area (Å²) in [6, 6.07) is 3.69. The van der Waals surface area contributed by atoms with Gasteiger partial charge in [0, 0.05) is 32.0 Å². The number of carbonyl (C=O) groups excluding carboxylic acids is 1. The average Bonchev–Trinajstić information content (AvgIpc) is 2.29. The molecule has 0 atom stereocenters. The van der Waals surface area contributed by atoms with Crippen molar-refractivity contribution in [2.75, 3.05) is 29.6 Å². The number of carbonyl (C=O) groups is 1. The van der Waals surface area contributed by atoms with Crippen molar-refractivity contribution in [3.8, 4) is 0 Å². The van der Waals surface area contributed by atoms with Gasteiger partial charge in [-0.3, -0.25) is 4.79 Å². The quantitative estimate of drug-likeness (QED) is 0.649. The van der Waals surface area contributed by atoms with Crippen molar-refractivity contribution < 1.29 is 4.79 Å². The summed E-state index contributed by atoms with van der Waals surface area (Å²) in [5.41, 5.74) is 0.765. The monoisotopic (exact) mass is 299 g/mol. The lowest BCUT2D eigenvalue weighted by Gasteiger charge is -2.16. The summed E-state index contributed by atoms with van der Waals surface area (Å²) in [5, 5.41) is 3.83. The summed E-state index contributed by atoms with van der Waals surface area (Å²) < 4.78 is 0. The molecule has 0 saturated carbocycles. The SMILES string of the molecule is CN(C)c1ncccc1NC(=O)CCCCBr. The van der Waals surface area contributed by atoms with Gasteiger partial charge in [-0.05, 0) is 25.0 Å². The zero-order valence-electron chi connectivity index (χ0n) is 10.2. The minimum Gasteiger partial charge on any atom is -0.361 e. The third kappa shape index (κ3) is 4.73. The first-order chi connectivity index (χ1) is 8.15. The minimum absolute atomic E-state index is 0.0436. The fourth-order valence-electron chi connectivity index (χ4n) is 1.44. The highest BCUT2D eigenvalue weighted by molar-refractivity contribution is 9.09. The van der Waals surface area contributed by atoms with E-state index in [0.717, 1.165) is 29.7 Å². The number of aromatic nitrogens is 1. The molecule has 0 unspecified atom stereocenters. The fourth-order valence-corrected chi connectivity index (χ4v) is 1.84. The number of alkyl halides is 1. The molecular weight excluding hydrogens is 282 g/mol. The van der Waals surface area contributed by atoms with Gasteiger partial charge < -0.3 is 10.2 Å². The van der Waals surface area contributed by atoms with Crippen LogP contribution in [0.25, 0.3) is 0 Å². The predicted octanol–water partition coefficient (Wildman–Crippen LogP) is 2.65. The number of rotatable bonds is 6. The molecule has 94 valence electrons. The van der Waals surface area contributed by atoms with E-state index in [1.807, 2.05) is 31.1 Å². The molecule has 0 aliphatic rings. The molecular formula is C12H18BrN3O. The van der Waals surface area contributed by atoms with Crippen LogP contribution in [-0.2, 0) is 4.79 Å². The number of hydrogen-bond acceptors (Lipinski definition) is 3. The summed E-state index contributed by atoms with van der Waals surface area (Å²) in [6.45, 7) is 0. The van der Waals surface area contributed by atoms with E-state index in [2.05, 4.69) is 26.2 Å². The number of pyridine rings is 1. The molecule has 1 rings (SSSR count). The molecule has 5 heteroatoms. The van der Waals surface area contributed by atoms with Crippen molar-refractivity contribution in [1.82, 2.24) is 4.98 Å². The fraction of sp³-hybridized carbons (Fsp3) is 0.500. The molecule has 1 aromatic heterocycles. The first kappa shape index (κ1) is 14.0. The largest absolute Gasteiger partial charge is 0.361 e. The summed E-state index contributed by atoms with van der Waals surface area (Å²) in [4.78, 5) is 17.8. The molecule has 1 amide bonds. The van der Waals surface area contributed by atoms with E-state index in [4.69, 9.17) is 0 Å². The van der Waals surface area contributed by atoms with Crippen molar-refractivity contribution >= 4 is 33.3 Å². The Balaban J connectivity index is 2.58. The predicted molar refractivity (Wildman–Crippen MR) is 74.8 cm³/mol. The lowest BCUT2D eigenvalue weighted by molar-refractivity contribution is -0.116. The highest BCUT2D eigenvalue weighted by Crippen LogP contribution is 2.20. The Morgan fingerprint density at radius 2 is 2.24 bits per heavy atom. The van der Waals surface area contributed by atoms with E-state index in [9.17, 15) is 4.79 Å². The van der Waals surface area contributed by atoms with Gasteiger partial charge in [0.1, 0.15) is 0 Å². The molecule has 0 saturated heterocycles. The van der Waals surface area contributed by atoms with Crippen LogP contribution in [0.1, 0.15) is 19.3 Å². The summed E-state index contributed by atoms with van der Waals surface area (Å²) in [6.07, 6.45) is 4.18. The van der Waals surface area contributed by atoms with Gasteiger partial charge in [-0.2, -0.15) is 0 Å². The molecule has 4 nitrogen and oxygen atoms in total. The maximum absolute atomic E-state index is 11.7. The molecule has 1 aromatic rings. The Morgan fingerprint density at radius 1 is 1.47 bits per heavy atom. The number of anilines is 2. The van der Waals surface area contributed by atoms with E-state index >= 15 is 0 Å². The average molecular weight is 300 g/mol. The van der Waals surface area contributed by atoms with Gasteiger partial charge >= 0.3 is 0 Å². The first-order valence-electron chi connectivity index (χ1n) is 5.63. The zero-order chi connectivity index (χ0) is 12.7. The maximum Gasteiger partial charge on any atom is 0.224 e.